The van der Waals surface area contributed by atoms with Gasteiger partial charge in [-0.2, -0.15) is 10.1 Å². The summed E-state index contributed by atoms with van der Waals surface area (Å²) in [6.45, 7) is 0. The van der Waals surface area contributed by atoms with Gasteiger partial charge in [-0.25, -0.2) is 14.6 Å². The van der Waals surface area contributed by atoms with Gasteiger partial charge in [0.2, 0.25) is 0 Å². The molecular weight excluding hydrogens is 367 g/mol. The molecule has 0 radical (unpaired) electrons. The van der Waals surface area contributed by atoms with Crippen LogP contribution in [0.4, 0.5) is 4.39 Å². The van der Waals surface area contributed by atoms with Crippen LogP contribution in [0.2, 0.25) is 0 Å². The number of hydrogen-bond acceptors (Lipinski definition) is 6. The van der Waals surface area contributed by atoms with E-state index in [0.29, 0.717) is 11.1 Å². The Hall–Kier alpha value is -4.01. The summed E-state index contributed by atoms with van der Waals surface area (Å²) in [4.78, 5) is 30.1. The van der Waals surface area contributed by atoms with Crippen LogP contribution in [0.3, 0.4) is 0 Å². The molecule has 28 heavy (non-hydrogen) atoms. The van der Waals surface area contributed by atoms with Crippen molar-refractivity contribution in [3.8, 4) is 22.8 Å². The summed E-state index contributed by atoms with van der Waals surface area (Å²) in [5.41, 5.74) is 2.79. The zero-order valence-electron chi connectivity index (χ0n) is 14.6. The highest BCUT2D eigenvalue weighted by Crippen LogP contribution is 2.25. The molecule has 0 aliphatic rings. The third kappa shape index (κ3) is 4.39. The molecule has 1 heterocycles. The second kappa shape index (κ2) is 8.12. The molecule has 3 rings (SSSR count). The minimum absolute atomic E-state index is 0.0219. The van der Waals surface area contributed by atoms with Crippen molar-refractivity contribution in [3.63, 3.8) is 0 Å². The summed E-state index contributed by atoms with van der Waals surface area (Å²) >= 11 is 0. The second-order valence-corrected chi connectivity index (χ2v) is 5.62. The van der Waals surface area contributed by atoms with E-state index < -0.39 is 17.4 Å². The summed E-state index contributed by atoms with van der Waals surface area (Å²) in [7, 11) is 1.41. The van der Waals surface area contributed by atoms with E-state index in [0.717, 1.165) is 0 Å². The van der Waals surface area contributed by atoms with Gasteiger partial charge in [-0.1, -0.05) is 0 Å². The van der Waals surface area contributed by atoms with E-state index in [1.165, 1.54) is 55.8 Å². The number of nitrogens with one attached hydrogen (secondary N) is 2. The Morgan fingerprint density at radius 3 is 2.71 bits per heavy atom. The molecule has 0 atom stereocenters. The third-order valence-corrected chi connectivity index (χ3v) is 3.71. The van der Waals surface area contributed by atoms with Crippen LogP contribution in [-0.2, 0) is 0 Å². The summed E-state index contributed by atoms with van der Waals surface area (Å²) in [5.74, 6) is -0.847. The molecule has 3 N–H and O–H groups in total. The van der Waals surface area contributed by atoms with Gasteiger partial charge in [-0.3, -0.25) is 4.79 Å². The predicted octanol–water partition coefficient (Wildman–Crippen LogP) is 2.05. The highest BCUT2D eigenvalue weighted by molar-refractivity contribution is 5.94. The Kier molecular flexibility index (Phi) is 5.45. The van der Waals surface area contributed by atoms with Crippen molar-refractivity contribution < 1.29 is 19.0 Å². The predicted molar refractivity (Wildman–Crippen MR) is 100.0 cm³/mol. The average Bonchev–Trinajstić information content (AvgIpc) is 2.69. The fraction of sp³-hybridized carbons (Fsp3) is 0.0526. The van der Waals surface area contributed by atoms with Crippen molar-refractivity contribution in [2.75, 3.05) is 7.11 Å². The van der Waals surface area contributed by atoms with Crippen LogP contribution in [0.15, 0.2) is 58.4 Å². The van der Waals surface area contributed by atoms with Crippen molar-refractivity contribution in [1.29, 1.82) is 0 Å². The Morgan fingerprint density at radius 1 is 1.25 bits per heavy atom. The summed E-state index contributed by atoms with van der Waals surface area (Å²) < 4.78 is 18.0. The summed E-state index contributed by atoms with van der Waals surface area (Å²) in [6, 6.07) is 11.3. The molecule has 1 aromatic heterocycles. The number of hydrogen-bond donors (Lipinski definition) is 3. The zero-order chi connectivity index (χ0) is 20.1. The number of nitrogens with zero attached hydrogens (tertiary/aromatic N) is 2. The summed E-state index contributed by atoms with van der Waals surface area (Å²) in [5, 5.41) is 13.4. The monoisotopic (exact) mass is 382 g/mol. The zero-order valence-corrected chi connectivity index (χ0v) is 14.6. The molecule has 0 spiro atoms. The molecule has 0 fully saturated rings. The number of phenolic OH excluding ortho intramolecular Hbond substituents is 1. The third-order valence-electron chi connectivity index (χ3n) is 3.71. The first kappa shape index (κ1) is 18.8. The number of rotatable bonds is 5. The van der Waals surface area contributed by atoms with Crippen LogP contribution in [0, 0.1) is 5.82 Å². The molecule has 3 aromatic rings. The molecular formula is C19H15FN4O4. The number of benzene rings is 2. The highest BCUT2D eigenvalue weighted by atomic mass is 19.1. The first-order valence-corrected chi connectivity index (χ1v) is 8.04. The number of carbonyl (C=O) groups excluding carboxylic acids is 1. The van der Waals surface area contributed by atoms with Crippen molar-refractivity contribution in [3.05, 3.63) is 76.1 Å². The fourth-order valence-corrected chi connectivity index (χ4v) is 2.35. The summed E-state index contributed by atoms with van der Waals surface area (Å²) in [6.07, 6.45) is 1.35. The van der Waals surface area contributed by atoms with Crippen LogP contribution in [0.5, 0.6) is 11.5 Å². The lowest BCUT2D eigenvalue weighted by molar-refractivity contribution is 0.0949. The fourth-order valence-electron chi connectivity index (χ4n) is 2.35. The molecule has 0 saturated heterocycles. The minimum Gasteiger partial charge on any atom is -0.504 e. The number of aromatic nitrogens is 2. The van der Waals surface area contributed by atoms with Gasteiger partial charge in [-0.05, 0) is 54.1 Å². The van der Waals surface area contributed by atoms with E-state index in [-0.39, 0.29) is 22.9 Å². The maximum absolute atomic E-state index is 13.0. The quantitative estimate of drug-likeness (QED) is 0.461. The topological polar surface area (TPSA) is 117 Å². The van der Waals surface area contributed by atoms with E-state index in [1.54, 1.807) is 6.07 Å². The molecule has 8 nitrogen and oxygen atoms in total. The largest absolute Gasteiger partial charge is 0.504 e. The lowest BCUT2D eigenvalue weighted by Gasteiger charge is -2.04. The Morgan fingerprint density at radius 2 is 2.00 bits per heavy atom. The molecule has 0 aliphatic heterocycles. The van der Waals surface area contributed by atoms with Gasteiger partial charge in [0.25, 0.3) is 5.91 Å². The molecule has 0 bridgehead atoms. The van der Waals surface area contributed by atoms with Crippen molar-refractivity contribution in [2.45, 2.75) is 0 Å². The van der Waals surface area contributed by atoms with E-state index in [9.17, 15) is 19.1 Å². The average molecular weight is 382 g/mol. The van der Waals surface area contributed by atoms with Gasteiger partial charge < -0.3 is 14.8 Å². The first-order valence-electron chi connectivity index (χ1n) is 8.04. The Bertz CT molecular complexity index is 1090. The number of phenols is 1. The van der Waals surface area contributed by atoms with Gasteiger partial charge in [0.05, 0.1) is 19.0 Å². The smallest absolute Gasteiger partial charge is 0.346 e. The molecule has 142 valence electrons. The Labute approximate surface area is 158 Å². The number of aromatic amines is 1. The van der Waals surface area contributed by atoms with E-state index in [1.807, 2.05) is 0 Å². The van der Waals surface area contributed by atoms with Crippen LogP contribution >= 0.6 is 0 Å². The lowest BCUT2D eigenvalue weighted by atomic mass is 10.1. The number of halogens is 1. The standard InChI is InChI=1S/C19H15FN4O4/c1-28-17-8-11(2-7-16(17)25)10-21-24-18(26)15-9-14(22-19(27)23-15)12-3-5-13(20)6-4-12/h2-10,25H,1H3,(H,24,26)(H,22,23,27)/b21-10+. The van der Waals surface area contributed by atoms with E-state index in [2.05, 4.69) is 20.5 Å². The number of ether oxygens (including phenoxy) is 1. The van der Waals surface area contributed by atoms with Crippen LogP contribution in [0.1, 0.15) is 16.1 Å². The number of H-pyrrole nitrogens is 1. The van der Waals surface area contributed by atoms with Crippen LogP contribution in [-0.4, -0.2) is 34.3 Å². The van der Waals surface area contributed by atoms with Gasteiger partial charge in [0, 0.05) is 5.56 Å². The van der Waals surface area contributed by atoms with Crippen LogP contribution < -0.4 is 15.9 Å². The van der Waals surface area contributed by atoms with Gasteiger partial charge in [0.1, 0.15) is 11.5 Å². The normalized spacial score (nSPS) is 10.8. The Balaban J connectivity index is 1.77. The lowest BCUT2D eigenvalue weighted by Crippen LogP contribution is -2.24. The van der Waals surface area contributed by atoms with Crippen LogP contribution in [0.25, 0.3) is 11.3 Å². The van der Waals surface area contributed by atoms with E-state index in [4.69, 9.17) is 4.74 Å². The molecule has 0 aliphatic carbocycles. The van der Waals surface area contributed by atoms with E-state index >= 15 is 0 Å². The molecule has 1 amide bonds. The number of aromatic hydroxyl groups is 1. The maximum atomic E-state index is 13.0. The number of methoxy groups -OCH3 is 1. The molecule has 2 aromatic carbocycles. The van der Waals surface area contributed by atoms with Gasteiger partial charge in [-0.15, -0.1) is 0 Å². The molecule has 9 heteroatoms. The first-order chi connectivity index (χ1) is 13.5. The molecule has 0 saturated carbocycles. The van der Waals surface area contributed by atoms with Gasteiger partial charge >= 0.3 is 5.69 Å². The number of carbonyl (C=O) groups is 1. The number of amides is 1. The second-order valence-electron chi connectivity index (χ2n) is 5.62. The van der Waals surface area contributed by atoms with Gasteiger partial charge in [0.15, 0.2) is 11.5 Å². The highest BCUT2D eigenvalue weighted by Gasteiger charge is 2.10. The maximum Gasteiger partial charge on any atom is 0.346 e. The number of hydrazone groups is 1. The molecule has 0 unspecified atom stereocenters. The van der Waals surface area contributed by atoms with Crippen molar-refractivity contribution in [1.82, 2.24) is 15.4 Å². The SMILES string of the molecule is COc1cc(/C=N/NC(=O)c2cc(-c3ccc(F)cc3)nc(=O)[nH]2)ccc1O. The van der Waals surface area contributed by atoms with Crippen molar-refractivity contribution in [2.24, 2.45) is 5.10 Å². The minimum atomic E-state index is -0.723. The van der Waals surface area contributed by atoms with Crippen molar-refractivity contribution >= 4 is 12.1 Å².